The molecule has 0 aromatic carbocycles. The van der Waals surface area contributed by atoms with Crippen LogP contribution in [0.1, 0.15) is 26.2 Å². The molecule has 1 aliphatic rings. The number of carbonyl (C=O) groups is 2. The number of carbonyl (C=O) groups excluding carboxylic acids is 2. The molecule has 0 bridgehead atoms. The van der Waals surface area contributed by atoms with E-state index in [-0.39, 0.29) is 17.2 Å². The van der Waals surface area contributed by atoms with Crippen LogP contribution in [-0.2, 0) is 11.3 Å². The minimum absolute atomic E-state index is 0.136. The average Bonchev–Trinajstić information content (AvgIpc) is 3.47. The molecule has 2 amide bonds. The van der Waals surface area contributed by atoms with Gasteiger partial charge in [0.25, 0.3) is 5.91 Å². The first-order valence-corrected chi connectivity index (χ1v) is 10.3. The molecule has 1 aliphatic heterocycles. The van der Waals surface area contributed by atoms with Crippen LogP contribution in [0.4, 0.5) is 0 Å². The average molecular weight is 399 g/mol. The molecule has 0 saturated carbocycles. The Hall–Kier alpha value is -2.58. The van der Waals surface area contributed by atoms with E-state index in [1.54, 1.807) is 47.6 Å². The molecule has 1 saturated heterocycles. The first-order valence-electron chi connectivity index (χ1n) is 8.40. The van der Waals surface area contributed by atoms with Crippen molar-refractivity contribution in [2.75, 3.05) is 5.75 Å². The number of pyridine rings is 1. The van der Waals surface area contributed by atoms with Gasteiger partial charge in [0.2, 0.25) is 5.91 Å². The third kappa shape index (κ3) is 3.77. The molecule has 0 spiro atoms. The van der Waals surface area contributed by atoms with E-state index in [1.165, 1.54) is 11.3 Å². The number of amides is 2. The molecule has 1 N–H and O–H groups in total. The number of aromatic nitrogens is 1. The zero-order valence-corrected chi connectivity index (χ0v) is 15.9. The van der Waals surface area contributed by atoms with Gasteiger partial charge in [0, 0.05) is 30.3 Å². The van der Waals surface area contributed by atoms with Gasteiger partial charge in [-0.1, -0.05) is 12.1 Å². The maximum atomic E-state index is 13.1. The summed E-state index contributed by atoms with van der Waals surface area (Å²) in [7, 11) is 0. The minimum atomic E-state index is -0.541. The first-order chi connectivity index (χ1) is 13.2. The highest BCUT2D eigenvalue weighted by Gasteiger charge is 2.43. The van der Waals surface area contributed by atoms with Crippen molar-refractivity contribution in [2.45, 2.75) is 18.0 Å². The highest BCUT2D eigenvalue weighted by molar-refractivity contribution is 7.99. The Balaban J connectivity index is 1.54. The zero-order valence-electron chi connectivity index (χ0n) is 14.3. The van der Waals surface area contributed by atoms with E-state index in [2.05, 4.69) is 10.3 Å². The standard InChI is InChI=1S/C19H17N3O3S2/c23-17(21-10-13-3-1-6-20-9-13)15-12-27-19(14-5-7-25-11-14)22(15)18(24)16-4-2-8-26-16/h1-9,11,15,19H,10,12H2,(H,21,23). The van der Waals surface area contributed by atoms with Crippen LogP contribution in [0.5, 0.6) is 0 Å². The highest BCUT2D eigenvalue weighted by atomic mass is 32.2. The Bertz CT molecular complexity index is 898. The lowest BCUT2D eigenvalue weighted by Crippen LogP contribution is -2.47. The van der Waals surface area contributed by atoms with Crippen molar-refractivity contribution < 1.29 is 14.0 Å². The molecule has 0 aliphatic carbocycles. The first kappa shape index (κ1) is 17.8. The van der Waals surface area contributed by atoms with E-state index in [9.17, 15) is 9.59 Å². The number of thioether (sulfide) groups is 1. The molecule has 1 fully saturated rings. The monoisotopic (exact) mass is 399 g/mol. The fourth-order valence-corrected chi connectivity index (χ4v) is 5.04. The molecule has 4 heterocycles. The van der Waals surface area contributed by atoms with E-state index < -0.39 is 6.04 Å². The van der Waals surface area contributed by atoms with Crippen molar-refractivity contribution in [3.63, 3.8) is 0 Å². The van der Waals surface area contributed by atoms with E-state index in [1.807, 2.05) is 29.6 Å². The molecule has 138 valence electrons. The lowest BCUT2D eigenvalue weighted by Gasteiger charge is -2.28. The van der Waals surface area contributed by atoms with Gasteiger partial charge in [-0.05, 0) is 29.1 Å². The van der Waals surface area contributed by atoms with Crippen LogP contribution < -0.4 is 5.32 Å². The lowest BCUT2D eigenvalue weighted by molar-refractivity contribution is -0.125. The van der Waals surface area contributed by atoms with Gasteiger partial charge in [0.05, 0.1) is 17.4 Å². The summed E-state index contributed by atoms with van der Waals surface area (Å²) in [5.41, 5.74) is 1.80. The molecule has 8 heteroatoms. The van der Waals surface area contributed by atoms with Crippen molar-refractivity contribution in [3.05, 3.63) is 76.6 Å². The summed E-state index contributed by atoms with van der Waals surface area (Å²) in [6, 6.07) is 8.65. The van der Waals surface area contributed by atoms with Gasteiger partial charge in [-0.15, -0.1) is 23.1 Å². The minimum Gasteiger partial charge on any atom is -0.472 e. The summed E-state index contributed by atoms with van der Waals surface area (Å²) in [5, 5.41) is 4.55. The zero-order chi connectivity index (χ0) is 18.6. The number of nitrogens with zero attached hydrogens (tertiary/aromatic N) is 2. The van der Waals surface area contributed by atoms with Gasteiger partial charge in [0.15, 0.2) is 0 Å². The van der Waals surface area contributed by atoms with Crippen molar-refractivity contribution >= 4 is 34.9 Å². The van der Waals surface area contributed by atoms with Crippen LogP contribution >= 0.6 is 23.1 Å². The Labute approximate surface area is 164 Å². The summed E-state index contributed by atoms with van der Waals surface area (Å²) >= 11 is 2.95. The van der Waals surface area contributed by atoms with Gasteiger partial charge >= 0.3 is 0 Å². The Morgan fingerprint density at radius 1 is 1.30 bits per heavy atom. The van der Waals surface area contributed by atoms with Crippen LogP contribution in [0.25, 0.3) is 0 Å². The number of hydrogen-bond donors (Lipinski definition) is 1. The van der Waals surface area contributed by atoms with Crippen LogP contribution in [0.3, 0.4) is 0 Å². The third-order valence-electron chi connectivity index (χ3n) is 4.29. The maximum absolute atomic E-state index is 13.1. The molecule has 4 rings (SSSR count). The fraction of sp³-hybridized carbons (Fsp3) is 0.211. The van der Waals surface area contributed by atoms with E-state index in [0.717, 1.165) is 11.1 Å². The molecular formula is C19H17N3O3S2. The quantitative estimate of drug-likeness (QED) is 0.712. The van der Waals surface area contributed by atoms with Crippen LogP contribution in [-0.4, -0.2) is 33.5 Å². The van der Waals surface area contributed by atoms with Crippen molar-refractivity contribution in [1.82, 2.24) is 15.2 Å². The van der Waals surface area contributed by atoms with E-state index in [4.69, 9.17) is 4.42 Å². The van der Waals surface area contributed by atoms with Crippen molar-refractivity contribution in [1.29, 1.82) is 0 Å². The van der Waals surface area contributed by atoms with Crippen LogP contribution in [0.2, 0.25) is 0 Å². The Morgan fingerprint density at radius 2 is 2.22 bits per heavy atom. The number of rotatable bonds is 5. The normalized spacial score (nSPS) is 19.2. The van der Waals surface area contributed by atoms with Gasteiger partial charge < -0.3 is 14.6 Å². The Kier molecular flexibility index (Phi) is 5.26. The van der Waals surface area contributed by atoms with Crippen LogP contribution in [0.15, 0.2) is 65.0 Å². The number of thiophene rings is 1. The molecule has 2 atom stereocenters. The van der Waals surface area contributed by atoms with Crippen molar-refractivity contribution in [2.24, 2.45) is 0 Å². The van der Waals surface area contributed by atoms with Gasteiger partial charge in [0.1, 0.15) is 11.4 Å². The topological polar surface area (TPSA) is 75.4 Å². The summed E-state index contributed by atoms with van der Waals surface area (Å²) in [6.07, 6.45) is 6.62. The molecular weight excluding hydrogens is 382 g/mol. The summed E-state index contributed by atoms with van der Waals surface area (Å²) in [6.45, 7) is 0.380. The van der Waals surface area contributed by atoms with Crippen molar-refractivity contribution in [3.8, 4) is 0 Å². The molecule has 6 nitrogen and oxygen atoms in total. The fourth-order valence-electron chi connectivity index (χ4n) is 2.97. The molecule has 2 unspecified atom stereocenters. The second-order valence-corrected chi connectivity index (χ2v) is 8.09. The van der Waals surface area contributed by atoms with Gasteiger partial charge in [-0.3, -0.25) is 14.6 Å². The smallest absolute Gasteiger partial charge is 0.265 e. The molecule has 3 aromatic rings. The number of hydrogen-bond acceptors (Lipinski definition) is 6. The predicted molar refractivity (Wildman–Crippen MR) is 104 cm³/mol. The van der Waals surface area contributed by atoms with E-state index >= 15 is 0 Å². The second-order valence-electron chi connectivity index (χ2n) is 6.03. The maximum Gasteiger partial charge on any atom is 0.265 e. The second kappa shape index (κ2) is 7.98. The summed E-state index contributed by atoms with van der Waals surface area (Å²) in [4.78, 5) is 32.3. The summed E-state index contributed by atoms with van der Waals surface area (Å²) in [5.74, 6) is 0.233. The molecule has 27 heavy (non-hydrogen) atoms. The molecule has 0 radical (unpaired) electrons. The van der Waals surface area contributed by atoms with Gasteiger partial charge in [-0.2, -0.15) is 0 Å². The Morgan fingerprint density at radius 3 is 2.93 bits per heavy atom. The summed E-state index contributed by atoms with van der Waals surface area (Å²) < 4.78 is 5.19. The predicted octanol–water partition coefficient (Wildman–Crippen LogP) is 3.31. The lowest BCUT2D eigenvalue weighted by atomic mass is 10.2. The SMILES string of the molecule is O=C(NCc1cccnc1)C1CSC(c2ccoc2)N1C(=O)c1cccs1. The largest absolute Gasteiger partial charge is 0.472 e. The highest BCUT2D eigenvalue weighted by Crippen LogP contribution is 2.42. The van der Waals surface area contributed by atoms with Crippen LogP contribution in [0, 0.1) is 0 Å². The van der Waals surface area contributed by atoms with E-state index in [0.29, 0.717) is 17.2 Å². The number of nitrogens with one attached hydrogen (secondary N) is 1. The van der Waals surface area contributed by atoms with Gasteiger partial charge in [-0.25, -0.2) is 0 Å². The third-order valence-corrected chi connectivity index (χ3v) is 6.47. The molecule has 3 aromatic heterocycles. The number of furan rings is 1.